The number of amides is 2. The molecular formula is C16H22NO5P. The van der Waals surface area contributed by atoms with E-state index >= 15 is 0 Å². The highest BCUT2D eigenvalue weighted by atomic mass is 31.2. The minimum absolute atomic E-state index is 0.0902. The largest absolute Gasteiger partial charge is 0.391 e. The minimum atomic E-state index is -2.97. The topological polar surface area (TPSA) is 83.9 Å². The predicted molar refractivity (Wildman–Crippen MR) is 87.0 cm³/mol. The minimum Gasteiger partial charge on any atom is -0.391 e. The van der Waals surface area contributed by atoms with Gasteiger partial charge >= 0.3 is 0 Å². The fourth-order valence-electron chi connectivity index (χ4n) is 2.42. The molecule has 0 saturated heterocycles. The first-order chi connectivity index (χ1) is 10.7. The van der Waals surface area contributed by atoms with Crippen LogP contribution in [0.3, 0.4) is 0 Å². The van der Waals surface area contributed by atoms with E-state index in [4.69, 9.17) is 4.52 Å². The van der Waals surface area contributed by atoms with Crippen LogP contribution in [0, 0.1) is 5.92 Å². The number of fused-ring (bicyclic) bond motifs is 1. The number of β-amino-alcohol motifs (C(OH)–C–C–N with tert-alkyl or cyclic N) is 1. The normalized spacial score (nSPS) is 18.2. The number of imide groups is 1. The zero-order chi connectivity index (χ0) is 17.2. The summed E-state index contributed by atoms with van der Waals surface area (Å²) in [6.45, 7) is 5.49. The number of carbonyl (C=O) groups excluding carboxylic acids is 2. The number of hydrogen-bond acceptors (Lipinski definition) is 5. The van der Waals surface area contributed by atoms with Gasteiger partial charge in [0.1, 0.15) is 0 Å². The first-order valence-corrected chi connectivity index (χ1v) is 9.81. The number of aliphatic hydroxyl groups excluding tert-OH is 1. The molecular weight excluding hydrogens is 317 g/mol. The van der Waals surface area contributed by atoms with Crippen LogP contribution in [0.25, 0.3) is 0 Å². The molecule has 2 atom stereocenters. The fraction of sp³-hybridized carbons (Fsp3) is 0.500. The van der Waals surface area contributed by atoms with Crippen LogP contribution in [0.15, 0.2) is 24.3 Å². The van der Waals surface area contributed by atoms with E-state index < -0.39 is 25.3 Å². The van der Waals surface area contributed by atoms with Crippen molar-refractivity contribution in [2.75, 3.05) is 26.0 Å². The molecule has 126 valence electrons. The summed E-state index contributed by atoms with van der Waals surface area (Å²) in [6, 6.07) is 6.53. The summed E-state index contributed by atoms with van der Waals surface area (Å²) in [4.78, 5) is 25.4. The van der Waals surface area contributed by atoms with Crippen LogP contribution in [-0.4, -0.2) is 53.9 Å². The Kier molecular flexibility index (Phi) is 5.40. The zero-order valence-electron chi connectivity index (χ0n) is 13.6. The lowest BCUT2D eigenvalue weighted by Crippen LogP contribution is -2.38. The molecule has 0 spiro atoms. The molecule has 2 amide bonds. The molecule has 1 heterocycles. The van der Waals surface area contributed by atoms with Gasteiger partial charge in [-0.1, -0.05) is 26.0 Å². The first kappa shape index (κ1) is 17.9. The van der Waals surface area contributed by atoms with Crippen molar-refractivity contribution in [1.82, 2.24) is 4.90 Å². The second kappa shape index (κ2) is 6.95. The zero-order valence-corrected chi connectivity index (χ0v) is 14.5. The number of aliphatic hydroxyl groups is 1. The van der Waals surface area contributed by atoms with Gasteiger partial charge in [-0.05, 0) is 18.1 Å². The van der Waals surface area contributed by atoms with Gasteiger partial charge in [0.2, 0.25) is 7.37 Å². The van der Waals surface area contributed by atoms with E-state index in [1.807, 2.05) is 13.8 Å². The van der Waals surface area contributed by atoms with Gasteiger partial charge in [-0.15, -0.1) is 0 Å². The number of benzene rings is 1. The smallest absolute Gasteiger partial charge is 0.261 e. The molecule has 1 aromatic carbocycles. The van der Waals surface area contributed by atoms with Crippen LogP contribution < -0.4 is 0 Å². The molecule has 0 saturated carbocycles. The van der Waals surface area contributed by atoms with Crippen molar-refractivity contribution >= 4 is 19.2 Å². The van der Waals surface area contributed by atoms with Crippen LogP contribution >= 0.6 is 7.37 Å². The second-order valence-electron chi connectivity index (χ2n) is 6.31. The van der Waals surface area contributed by atoms with Crippen LogP contribution in [0.2, 0.25) is 0 Å². The van der Waals surface area contributed by atoms with Crippen LogP contribution in [0.1, 0.15) is 34.6 Å². The Morgan fingerprint density at radius 1 is 1.17 bits per heavy atom. The Morgan fingerprint density at radius 2 is 1.70 bits per heavy atom. The average molecular weight is 339 g/mol. The third-order valence-electron chi connectivity index (χ3n) is 3.49. The van der Waals surface area contributed by atoms with Gasteiger partial charge in [0.05, 0.1) is 36.5 Å². The second-order valence-corrected chi connectivity index (χ2v) is 8.96. The Morgan fingerprint density at radius 3 is 2.17 bits per heavy atom. The van der Waals surface area contributed by atoms with Crippen molar-refractivity contribution < 1.29 is 23.8 Å². The van der Waals surface area contributed by atoms with Crippen LogP contribution in [0.4, 0.5) is 0 Å². The molecule has 1 aliphatic heterocycles. The fourth-order valence-corrected chi connectivity index (χ4v) is 4.02. The highest BCUT2D eigenvalue weighted by Gasteiger charge is 2.37. The SMILES string of the molecule is CC(C)COP(C)(=O)CC(O)CN1C(=O)c2ccccc2C1=O. The van der Waals surface area contributed by atoms with Gasteiger partial charge in [0.25, 0.3) is 11.8 Å². The van der Waals surface area contributed by atoms with E-state index in [-0.39, 0.29) is 18.6 Å². The quantitative estimate of drug-likeness (QED) is 0.608. The maximum Gasteiger partial charge on any atom is 0.261 e. The summed E-state index contributed by atoms with van der Waals surface area (Å²) >= 11 is 0. The summed E-state index contributed by atoms with van der Waals surface area (Å²) in [6.07, 6.45) is -1.17. The van der Waals surface area contributed by atoms with E-state index in [1.54, 1.807) is 24.3 Å². The molecule has 6 nitrogen and oxygen atoms in total. The van der Waals surface area contributed by atoms with Gasteiger partial charge in [0.15, 0.2) is 0 Å². The lowest BCUT2D eigenvalue weighted by molar-refractivity contribution is 0.0562. The summed E-state index contributed by atoms with van der Waals surface area (Å²) in [5.74, 6) is -0.631. The van der Waals surface area contributed by atoms with Crippen LogP contribution in [0.5, 0.6) is 0 Å². The molecule has 2 rings (SSSR count). The lowest BCUT2D eigenvalue weighted by Gasteiger charge is -2.22. The third-order valence-corrected chi connectivity index (χ3v) is 5.27. The summed E-state index contributed by atoms with van der Waals surface area (Å²) < 4.78 is 17.7. The molecule has 1 aromatic rings. The summed E-state index contributed by atoms with van der Waals surface area (Å²) in [5.41, 5.74) is 0.667. The molecule has 7 heteroatoms. The molecule has 1 aliphatic rings. The standard InChI is InChI=1S/C16H22NO5P/c1-11(2)9-22-23(3,21)10-12(18)8-17-15(19)13-6-4-5-7-14(13)16(17)20/h4-7,11-12,18H,8-10H2,1-3H3. The van der Waals surface area contributed by atoms with E-state index in [0.717, 1.165) is 4.90 Å². The van der Waals surface area contributed by atoms with Crippen molar-refractivity contribution in [3.8, 4) is 0 Å². The first-order valence-electron chi connectivity index (χ1n) is 7.55. The van der Waals surface area contributed by atoms with Crippen molar-refractivity contribution in [1.29, 1.82) is 0 Å². The lowest BCUT2D eigenvalue weighted by atomic mass is 10.1. The summed E-state index contributed by atoms with van der Waals surface area (Å²) in [5, 5.41) is 10.1. The Labute approximate surface area is 135 Å². The van der Waals surface area contributed by atoms with Crippen molar-refractivity contribution in [3.05, 3.63) is 35.4 Å². The monoisotopic (exact) mass is 339 g/mol. The molecule has 0 radical (unpaired) electrons. The van der Waals surface area contributed by atoms with Gasteiger partial charge in [-0.3, -0.25) is 19.1 Å². The van der Waals surface area contributed by atoms with E-state index in [2.05, 4.69) is 0 Å². The van der Waals surface area contributed by atoms with Crippen molar-refractivity contribution in [2.45, 2.75) is 20.0 Å². The maximum atomic E-state index is 12.3. The molecule has 2 unspecified atom stereocenters. The van der Waals surface area contributed by atoms with Crippen LogP contribution in [-0.2, 0) is 9.09 Å². The Bertz CT molecular complexity index is 623. The molecule has 0 aromatic heterocycles. The molecule has 0 bridgehead atoms. The number of hydrogen-bond donors (Lipinski definition) is 1. The third kappa shape index (κ3) is 4.28. The number of carbonyl (C=O) groups is 2. The predicted octanol–water partition coefficient (Wildman–Crippen LogP) is 2.22. The number of nitrogens with zero attached hydrogens (tertiary/aromatic N) is 1. The van der Waals surface area contributed by atoms with E-state index in [0.29, 0.717) is 17.7 Å². The highest BCUT2D eigenvalue weighted by molar-refractivity contribution is 7.58. The Hall–Kier alpha value is -1.49. The van der Waals surface area contributed by atoms with Crippen molar-refractivity contribution in [3.63, 3.8) is 0 Å². The molecule has 0 aliphatic carbocycles. The van der Waals surface area contributed by atoms with Gasteiger partial charge in [-0.25, -0.2) is 0 Å². The van der Waals surface area contributed by atoms with Gasteiger partial charge in [-0.2, -0.15) is 0 Å². The molecule has 23 heavy (non-hydrogen) atoms. The Balaban J connectivity index is 1.99. The van der Waals surface area contributed by atoms with Crippen molar-refractivity contribution in [2.24, 2.45) is 5.92 Å². The number of rotatable bonds is 7. The van der Waals surface area contributed by atoms with Gasteiger partial charge < -0.3 is 9.63 Å². The summed E-state index contributed by atoms with van der Waals surface area (Å²) in [7, 11) is -2.97. The van der Waals surface area contributed by atoms with E-state index in [1.165, 1.54) is 6.66 Å². The van der Waals surface area contributed by atoms with E-state index in [9.17, 15) is 19.3 Å². The average Bonchev–Trinajstić information content (AvgIpc) is 2.70. The molecule has 1 N–H and O–H groups in total. The highest BCUT2D eigenvalue weighted by Crippen LogP contribution is 2.43. The van der Waals surface area contributed by atoms with Gasteiger partial charge in [0, 0.05) is 6.66 Å². The maximum absolute atomic E-state index is 12.3. The molecule has 0 fully saturated rings.